The molecule has 1 aliphatic rings. The average molecular weight is 283 g/mol. The molecule has 1 fully saturated rings. The highest BCUT2D eigenvalue weighted by atomic mass is 35.5. The van der Waals surface area contributed by atoms with Crippen LogP contribution in [0, 0.1) is 0 Å². The Kier molecular flexibility index (Phi) is 5.45. The lowest BCUT2D eigenvalue weighted by atomic mass is 10.1. The number of rotatable bonds is 5. The zero-order valence-electron chi connectivity index (χ0n) is 10.9. The van der Waals surface area contributed by atoms with Gasteiger partial charge in [-0.05, 0) is 18.6 Å². The fraction of sp³-hybridized carbons (Fsp3) is 0.571. The largest absolute Gasteiger partial charge is 0.489 e. The first-order valence-electron chi connectivity index (χ1n) is 6.70. The van der Waals surface area contributed by atoms with Gasteiger partial charge in [-0.3, -0.25) is 9.78 Å². The first-order chi connectivity index (χ1) is 9.29. The molecule has 1 aromatic rings. The van der Waals surface area contributed by atoms with Gasteiger partial charge in [0.05, 0.1) is 6.20 Å². The minimum atomic E-state index is 0.182. The molecule has 0 spiro atoms. The smallest absolute Gasteiger partial charge is 0.222 e. The molecule has 104 valence electrons. The number of likely N-dealkylation sites (tertiary alicyclic amines) is 1. The predicted octanol–water partition coefficient (Wildman–Crippen LogP) is 2.47. The van der Waals surface area contributed by atoms with Gasteiger partial charge in [0.25, 0.3) is 0 Å². The second kappa shape index (κ2) is 7.34. The van der Waals surface area contributed by atoms with E-state index < -0.39 is 0 Å². The van der Waals surface area contributed by atoms with E-state index in [2.05, 4.69) is 4.98 Å². The molecule has 0 radical (unpaired) electrons. The van der Waals surface area contributed by atoms with Gasteiger partial charge in [-0.1, -0.05) is 0 Å². The van der Waals surface area contributed by atoms with Crippen LogP contribution in [-0.2, 0) is 4.79 Å². The number of carbonyl (C=O) groups is 1. The minimum absolute atomic E-state index is 0.182. The number of nitrogens with zero attached hydrogens (tertiary/aromatic N) is 2. The lowest BCUT2D eigenvalue weighted by Crippen LogP contribution is -2.41. The van der Waals surface area contributed by atoms with Crippen molar-refractivity contribution in [1.29, 1.82) is 0 Å². The Balaban J connectivity index is 1.75. The van der Waals surface area contributed by atoms with Gasteiger partial charge in [0, 0.05) is 44.4 Å². The van der Waals surface area contributed by atoms with Crippen molar-refractivity contribution >= 4 is 17.5 Å². The molecule has 4 nitrogen and oxygen atoms in total. The normalized spacial score (nSPS) is 16.4. The number of alkyl halides is 1. The summed E-state index contributed by atoms with van der Waals surface area (Å²) in [6, 6.07) is 3.77. The molecule has 0 saturated carbocycles. The van der Waals surface area contributed by atoms with Crippen molar-refractivity contribution in [3.05, 3.63) is 24.5 Å². The van der Waals surface area contributed by atoms with E-state index in [1.807, 2.05) is 17.0 Å². The number of hydrogen-bond donors (Lipinski definition) is 0. The molecule has 2 heterocycles. The molecule has 2 rings (SSSR count). The first kappa shape index (κ1) is 14.1. The summed E-state index contributed by atoms with van der Waals surface area (Å²) in [5, 5.41) is 0. The summed E-state index contributed by atoms with van der Waals surface area (Å²) in [5.41, 5.74) is 0. The van der Waals surface area contributed by atoms with Gasteiger partial charge in [-0.15, -0.1) is 11.6 Å². The molecule has 0 aliphatic carbocycles. The van der Waals surface area contributed by atoms with Crippen LogP contribution in [0.3, 0.4) is 0 Å². The Hall–Kier alpha value is -1.29. The number of hydrogen-bond acceptors (Lipinski definition) is 3. The van der Waals surface area contributed by atoms with Gasteiger partial charge >= 0.3 is 0 Å². The van der Waals surface area contributed by atoms with Crippen LogP contribution in [0.4, 0.5) is 0 Å². The maximum Gasteiger partial charge on any atom is 0.222 e. The van der Waals surface area contributed by atoms with Gasteiger partial charge in [-0.25, -0.2) is 0 Å². The molecule has 1 aromatic heterocycles. The van der Waals surface area contributed by atoms with E-state index >= 15 is 0 Å². The highest BCUT2D eigenvalue weighted by Gasteiger charge is 2.23. The number of halogens is 1. The van der Waals surface area contributed by atoms with E-state index in [1.165, 1.54) is 0 Å². The first-order valence-corrected chi connectivity index (χ1v) is 7.23. The van der Waals surface area contributed by atoms with Crippen molar-refractivity contribution in [1.82, 2.24) is 9.88 Å². The fourth-order valence-electron chi connectivity index (χ4n) is 2.21. The van der Waals surface area contributed by atoms with Crippen molar-refractivity contribution < 1.29 is 9.53 Å². The van der Waals surface area contributed by atoms with E-state index in [-0.39, 0.29) is 12.0 Å². The summed E-state index contributed by atoms with van der Waals surface area (Å²) in [6.07, 6.45) is 6.69. The molecule has 0 bridgehead atoms. The quantitative estimate of drug-likeness (QED) is 0.779. The monoisotopic (exact) mass is 282 g/mol. The summed E-state index contributed by atoms with van der Waals surface area (Å²) < 4.78 is 5.84. The fourth-order valence-corrected chi connectivity index (χ4v) is 2.34. The van der Waals surface area contributed by atoms with E-state index in [9.17, 15) is 4.79 Å². The number of carbonyl (C=O) groups excluding carboxylic acids is 1. The van der Waals surface area contributed by atoms with Crippen molar-refractivity contribution in [2.24, 2.45) is 0 Å². The summed E-state index contributed by atoms with van der Waals surface area (Å²) in [4.78, 5) is 17.8. The molecular formula is C14H19ClN2O2. The van der Waals surface area contributed by atoms with Gasteiger partial charge in [0.15, 0.2) is 0 Å². The van der Waals surface area contributed by atoms with Crippen molar-refractivity contribution in [2.45, 2.75) is 31.8 Å². The third-order valence-electron chi connectivity index (χ3n) is 3.26. The highest BCUT2D eigenvalue weighted by Crippen LogP contribution is 2.18. The summed E-state index contributed by atoms with van der Waals surface area (Å²) >= 11 is 5.60. The van der Waals surface area contributed by atoms with Crippen LogP contribution in [0.5, 0.6) is 5.75 Å². The Morgan fingerprint density at radius 1 is 1.47 bits per heavy atom. The SMILES string of the molecule is O=C(CCCCl)N1CCC(Oc2cccnc2)CC1. The molecule has 0 N–H and O–H groups in total. The van der Waals surface area contributed by atoms with Crippen LogP contribution in [0.1, 0.15) is 25.7 Å². The van der Waals surface area contributed by atoms with Crippen LogP contribution < -0.4 is 4.74 Å². The maximum atomic E-state index is 11.8. The van der Waals surface area contributed by atoms with Crippen molar-refractivity contribution in [3.8, 4) is 5.75 Å². The lowest BCUT2D eigenvalue weighted by molar-refractivity contribution is -0.133. The summed E-state index contributed by atoms with van der Waals surface area (Å²) in [6.45, 7) is 1.54. The topological polar surface area (TPSA) is 42.4 Å². The highest BCUT2D eigenvalue weighted by molar-refractivity contribution is 6.17. The third kappa shape index (κ3) is 4.39. The van der Waals surface area contributed by atoms with Crippen LogP contribution in [0.2, 0.25) is 0 Å². The molecule has 19 heavy (non-hydrogen) atoms. The Labute approximate surface area is 118 Å². The molecule has 0 atom stereocenters. The van der Waals surface area contributed by atoms with Gasteiger partial charge in [0.1, 0.15) is 11.9 Å². The lowest BCUT2D eigenvalue weighted by Gasteiger charge is -2.32. The number of piperidine rings is 1. The minimum Gasteiger partial charge on any atom is -0.489 e. The molecule has 5 heteroatoms. The van der Waals surface area contributed by atoms with Gasteiger partial charge in [0.2, 0.25) is 5.91 Å². The summed E-state index contributed by atoms with van der Waals surface area (Å²) in [5.74, 6) is 1.56. The third-order valence-corrected chi connectivity index (χ3v) is 3.52. The molecular weight excluding hydrogens is 264 g/mol. The molecule has 1 amide bonds. The van der Waals surface area contributed by atoms with Crippen molar-refractivity contribution in [2.75, 3.05) is 19.0 Å². The Morgan fingerprint density at radius 3 is 2.89 bits per heavy atom. The van der Waals surface area contributed by atoms with Crippen LogP contribution in [0.15, 0.2) is 24.5 Å². The number of ether oxygens (including phenoxy) is 1. The van der Waals surface area contributed by atoms with E-state index in [4.69, 9.17) is 16.3 Å². The number of amides is 1. The molecule has 0 aromatic carbocycles. The number of aromatic nitrogens is 1. The molecule has 0 unspecified atom stereocenters. The Morgan fingerprint density at radius 2 is 2.26 bits per heavy atom. The standard InChI is InChI=1S/C14H19ClN2O2/c15-7-1-4-14(18)17-9-5-12(6-10-17)19-13-3-2-8-16-11-13/h2-3,8,11-12H,1,4-7,9-10H2. The van der Waals surface area contributed by atoms with E-state index in [0.29, 0.717) is 12.3 Å². The van der Waals surface area contributed by atoms with Crippen molar-refractivity contribution in [3.63, 3.8) is 0 Å². The van der Waals surface area contributed by atoms with Crippen LogP contribution in [-0.4, -0.2) is 40.9 Å². The summed E-state index contributed by atoms with van der Waals surface area (Å²) in [7, 11) is 0. The van der Waals surface area contributed by atoms with Gasteiger partial charge < -0.3 is 9.64 Å². The predicted molar refractivity (Wildman–Crippen MR) is 74.4 cm³/mol. The Bertz CT molecular complexity index is 392. The molecule has 1 saturated heterocycles. The van der Waals surface area contributed by atoms with Crippen LogP contribution >= 0.6 is 11.6 Å². The maximum absolute atomic E-state index is 11.8. The van der Waals surface area contributed by atoms with Crippen LogP contribution in [0.25, 0.3) is 0 Å². The second-order valence-electron chi connectivity index (χ2n) is 4.68. The average Bonchev–Trinajstić information content (AvgIpc) is 2.46. The number of pyridine rings is 1. The molecule has 1 aliphatic heterocycles. The van der Waals surface area contributed by atoms with E-state index in [1.54, 1.807) is 12.4 Å². The zero-order valence-corrected chi connectivity index (χ0v) is 11.7. The zero-order chi connectivity index (χ0) is 13.5. The van der Waals surface area contributed by atoms with E-state index in [0.717, 1.165) is 38.1 Å². The van der Waals surface area contributed by atoms with Gasteiger partial charge in [-0.2, -0.15) is 0 Å². The second-order valence-corrected chi connectivity index (χ2v) is 5.06.